The van der Waals surface area contributed by atoms with Gasteiger partial charge in [0.2, 0.25) is 40.5 Å². The number of methoxy groups -OCH3 is 16. The lowest BCUT2D eigenvalue weighted by atomic mass is 9.95. The van der Waals surface area contributed by atoms with Crippen molar-refractivity contribution in [2.24, 2.45) is 43.3 Å². The van der Waals surface area contributed by atoms with Crippen LogP contribution in [0.1, 0.15) is 68.9 Å². The topological polar surface area (TPSA) is 483 Å². The van der Waals surface area contributed by atoms with Gasteiger partial charge in [-0.3, -0.25) is 33.3 Å². The Bertz CT molecular complexity index is 6180. The summed E-state index contributed by atoms with van der Waals surface area (Å²) in [6, 6.07) is 31.9. The molecule has 4 aromatic heterocycles. The highest BCUT2D eigenvalue weighted by molar-refractivity contribution is 7.15. The first-order valence-corrected chi connectivity index (χ1v) is 39.8. The number of allylic oxidation sites excluding steroid dienone is 1. The van der Waals surface area contributed by atoms with E-state index in [-0.39, 0.29) is 69.3 Å². The molecule has 1 amide bonds. The number of thiazole rings is 2. The molecule has 672 valence electrons. The number of aryl methyl sites for hydroxylation is 1. The van der Waals surface area contributed by atoms with Crippen molar-refractivity contribution in [3.63, 3.8) is 0 Å². The number of nitrogens with one attached hydrogen (secondary N) is 1. The maximum absolute atomic E-state index is 12.6. The van der Waals surface area contributed by atoms with Gasteiger partial charge in [-0.2, -0.15) is 10.2 Å². The number of benzene rings is 7. The zero-order valence-electron chi connectivity index (χ0n) is 72.9. The third kappa shape index (κ3) is 22.9. The number of ketones is 1. The lowest BCUT2D eigenvalue weighted by Gasteiger charge is -2.19. The molecule has 13 rings (SSSR count). The molecule has 1 atom stereocenters. The number of carbonyl (C=O) groups excluding carboxylic acids is 2. The van der Waals surface area contributed by atoms with Crippen molar-refractivity contribution in [3.8, 4) is 137 Å². The number of nitrogens with zero attached hydrogens (tertiary/aromatic N) is 9. The standard InChI is InChI=1S/C22H25NO6.C19H20O6.C18H20O5.C15H15N7O4S.C15H16N6O2S/c1-12(24)23-16-8-6-13-10-19(27-3)21(28-4)22(29-5)20(13)14-7-9-18(26-2)17(25)11-15(14)16;1-22-16-9-12(6-8-15(16)21)5-7-14(20)13-10-17(23-2)19(25-4)18(11-13)24-3;1-20-15-8-7-12(9-14(15)19)5-6-13-10-16(21-2)18(23-4)17(11-13)22-3;1-25-11-5-8(9(22(23)24)6-12(11)26-2)13-10(7-18-20-14(16)17)21-3-4-27-15(21)19-13;1-22-11-4-3-9(7-12(11)23-2)13-10(8-18-20-14(16)17)21-5-6-24-15(21)19-13/h7,9-11,16H,6,8H2,1-5H3,(H,23,24);5-11,21H,1-4H3;5-11,19H,1-4H3;3-7H,1-2H3,(H4,16,17,20);3-8H,1-2H3,(H4,16,17,20)/b;7-5+;6-5-;18-7+;18-8+/t16-;;;;/m0..../s1. The van der Waals surface area contributed by atoms with Crippen LogP contribution in [-0.4, -0.2) is 184 Å². The molecule has 37 nitrogen and oxygen atoms in total. The van der Waals surface area contributed by atoms with E-state index in [1.54, 1.807) is 122 Å². The van der Waals surface area contributed by atoms with Gasteiger partial charge < -0.3 is 114 Å². The number of rotatable bonds is 29. The van der Waals surface area contributed by atoms with Crippen LogP contribution < -0.4 is 109 Å². The molecule has 11 N–H and O–H groups in total. The molecule has 8 aromatic carbocycles. The van der Waals surface area contributed by atoms with Crippen LogP contribution >= 0.6 is 22.7 Å². The summed E-state index contributed by atoms with van der Waals surface area (Å²) < 4.78 is 88.5. The number of aromatic nitrogens is 4. The van der Waals surface area contributed by atoms with E-state index in [0.717, 1.165) is 55.3 Å². The molecular formula is C89H96N14O23S2. The zero-order valence-corrected chi connectivity index (χ0v) is 74.5. The summed E-state index contributed by atoms with van der Waals surface area (Å²) in [4.78, 5) is 58.7. The highest BCUT2D eigenvalue weighted by atomic mass is 32.1. The van der Waals surface area contributed by atoms with E-state index in [1.165, 1.54) is 123 Å². The van der Waals surface area contributed by atoms with Crippen LogP contribution in [0.5, 0.6) is 103 Å². The average Bonchev–Trinajstić information content (AvgIpc) is 1.57. The van der Waals surface area contributed by atoms with Gasteiger partial charge in [-0.15, -0.1) is 32.9 Å². The van der Waals surface area contributed by atoms with Crippen LogP contribution in [0.25, 0.3) is 61.8 Å². The molecule has 0 saturated heterocycles. The van der Waals surface area contributed by atoms with Crippen LogP contribution in [0.2, 0.25) is 0 Å². The number of phenolic OH excluding ortho intramolecular Hbond substituents is 2. The largest absolute Gasteiger partial charge is 0.504 e. The molecular weight excluding hydrogens is 1700 g/mol. The fraction of sp³-hybridized carbons (Fsp3) is 0.225. The highest BCUT2D eigenvalue weighted by Crippen LogP contribution is 2.51. The molecule has 0 aliphatic heterocycles. The molecule has 0 bridgehead atoms. The minimum atomic E-state index is -0.512. The first-order chi connectivity index (χ1) is 61.7. The molecule has 0 saturated carbocycles. The number of aromatic hydroxyl groups is 2. The summed E-state index contributed by atoms with van der Waals surface area (Å²) in [6.07, 6.45) is 14.7. The van der Waals surface area contributed by atoms with Crippen LogP contribution in [0.4, 0.5) is 5.69 Å². The van der Waals surface area contributed by atoms with Gasteiger partial charge >= 0.3 is 0 Å². The van der Waals surface area contributed by atoms with Crippen LogP contribution in [0.3, 0.4) is 0 Å². The second kappa shape index (κ2) is 45.4. The predicted molar refractivity (Wildman–Crippen MR) is 490 cm³/mol. The molecule has 0 unspecified atom stereocenters. The number of nitro groups is 1. The normalized spacial score (nSPS) is 11.7. The summed E-state index contributed by atoms with van der Waals surface area (Å²) in [7, 11) is 24.4. The van der Waals surface area contributed by atoms with Crippen molar-refractivity contribution in [2.75, 3.05) is 114 Å². The van der Waals surface area contributed by atoms with Gasteiger partial charge in [-0.1, -0.05) is 36.4 Å². The Morgan fingerprint density at radius 2 is 0.953 bits per heavy atom. The fourth-order valence-corrected chi connectivity index (χ4v) is 14.6. The van der Waals surface area contributed by atoms with Gasteiger partial charge in [0, 0.05) is 52.8 Å². The maximum Gasteiger partial charge on any atom is 0.282 e. The predicted octanol–water partition coefficient (Wildman–Crippen LogP) is 13.1. The van der Waals surface area contributed by atoms with Crippen molar-refractivity contribution < 1.29 is 101 Å². The fourth-order valence-electron chi connectivity index (χ4n) is 13.1. The SMILES string of the molecule is COc1cc(-c2nc3sccn3c2/C=N/N=C(N)N)c([N+](=O)[O-])cc1OC.COc1cc(/C=C/C(=O)c2cc(OC)c(OC)c(OC)c2)ccc1O.COc1cc2c(c(OC)c1OC)-c1ccc(OC)c(=O)cc1[C@@H](NC(C)=O)CC2.COc1ccc(-c2nc3sccn3c2/C=N/N=C(N)N)cc1OC.COc1ccc(/C=C\c2cc(OC)c(OC)c(OC)c2)cc1O. The molecule has 39 heteroatoms. The van der Waals surface area contributed by atoms with Gasteiger partial charge in [0.1, 0.15) is 5.69 Å². The summed E-state index contributed by atoms with van der Waals surface area (Å²) >= 11 is 2.89. The average molecular weight is 1790 g/mol. The third-order valence-electron chi connectivity index (χ3n) is 19.0. The maximum atomic E-state index is 12.6. The number of imidazole rings is 2. The molecule has 1 aliphatic carbocycles. The zero-order chi connectivity index (χ0) is 93.0. The van der Waals surface area contributed by atoms with E-state index in [4.69, 9.17) is 98.7 Å². The number of guanidine groups is 2. The number of nitrogens with two attached hydrogens (primary N) is 4. The molecule has 12 aromatic rings. The molecule has 0 fully saturated rings. The summed E-state index contributed by atoms with van der Waals surface area (Å²) in [6.45, 7) is 1.46. The van der Waals surface area contributed by atoms with Gasteiger partial charge in [-0.25, -0.2) is 9.97 Å². The van der Waals surface area contributed by atoms with Crippen molar-refractivity contribution in [1.82, 2.24) is 24.1 Å². The number of hydrogen-bond acceptors (Lipinski definition) is 31. The third-order valence-corrected chi connectivity index (χ3v) is 20.5. The Kier molecular flexibility index (Phi) is 34.1. The number of hydrogen-bond donors (Lipinski definition) is 7. The molecule has 4 heterocycles. The Labute approximate surface area is 742 Å². The number of carbonyl (C=O) groups is 2. The van der Waals surface area contributed by atoms with Crippen molar-refractivity contribution in [2.45, 2.75) is 25.8 Å². The van der Waals surface area contributed by atoms with Crippen molar-refractivity contribution >= 4 is 92.5 Å². The molecule has 0 spiro atoms. The number of nitro benzene ring substituents is 1. The van der Waals surface area contributed by atoms with E-state index in [2.05, 4.69) is 35.7 Å². The molecule has 0 radical (unpaired) electrons. The van der Waals surface area contributed by atoms with Gasteiger partial charge in [-0.05, 0) is 137 Å². The van der Waals surface area contributed by atoms with Crippen molar-refractivity contribution in [3.05, 3.63) is 210 Å². The van der Waals surface area contributed by atoms with Crippen LogP contribution in [-0.2, 0) is 11.2 Å². The number of ether oxygens (including phenoxy) is 16. The first kappa shape index (κ1) is 95.9. The lowest BCUT2D eigenvalue weighted by molar-refractivity contribution is -0.384. The van der Waals surface area contributed by atoms with E-state index >= 15 is 0 Å². The number of fused-ring (bicyclic) bond motifs is 5. The van der Waals surface area contributed by atoms with Gasteiger partial charge in [0.05, 0.1) is 166 Å². The highest BCUT2D eigenvalue weighted by Gasteiger charge is 2.31. The first-order valence-electron chi connectivity index (χ1n) is 38.0. The minimum Gasteiger partial charge on any atom is -0.504 e. The second-order valence-electron chi connectivity index (χ2n) is 26.4. The smallest absolute Gasteiger partial charge is 0.282 e. The van der Waals surface area contributed by atoms with Crippen molar-refractivity contribution in [1.29, 1.82) is 0 Å². The second-order valence-corrected chi connectivity index (χ2v) is 28.2. The molecule has 128 heavy (non-hydrogen) atoms. The van der Waals surface area contributed by atoms with Gasteiger partial charge in [0.25, 0.3) is 5.69 Å². The van der Waals surface area contributed by atoms with E-state index < -0.39 is 4.92 Å². The Hall–Kier alpha value is -15.9. The molecule has 1 aliphatic rings. The van der Waals surface area contributed by atoms with E-state index in [1.807, 2.05) is 82.0 Å². The van der Waals surface area contributed by atoms with Crippen LogP contribution in [0.15, 0.2) is 170 Å². The summed E-state index contributed by atoms with van der Waals surface area (Å²) in [5.41, 5.74) is 30.3. The Morgan fingerprint density at radius 3 is 1.47 bits per heavy atom. The monoisotopic (exact) mass is 1790 g/mol. The lowest BCUT2D eigenvalue weighted by Crippen LogP contribution is -2.26. The summed E-state index contributed by atoms with van der Waals surface area (Å²) in [5.74, 6) is 6.78. The summed E-state index contributed by atoms with van der Waals surface area (Å²) in [5, 5.41) is 52.7. The quantitative estimate of drug-likeness (QED) is 0.00435. The Morgan fingerprint density at radius 1 is 0.484 bits per heavy atom. The van der Waals surface area contributed by atoms with E-state index in [0.29, 0.717) is 121 Å². The van der Waals surface area contributed by atoms with Gasteiger partial charge in [0.15, 0.2) is 102 Å². The number of amides is 1. The Balaban J connectivity index is 0.000000181. The number of phenols is 2. The minimum absolute atomic E-state index is 0.0376. The van der Waals surface area contributed by atoms with E-state index in [9.17, 15) is 34.7 Å². The van der Waals surface area contributed by atoms with Crippen LogP contribution in [0, 0.1) is 10.1 Å².